The standard InChI is InChI=1S/C13H18N4O/c1-10-5-3-4-6-11(10)9-17(2)13-16-15-12(18-13)7-8-14/h3-6H,7-9,14H2,1-2H3. The SMILES string of the molecule is Cc1ccccc1CN(C)c1nnc(CCN)o1. The fourth-order valence-electron chi connectivity index (χ4n) is 1.73. The number of nitrogens with zero attached hydrogens (tertiary/aromatic N) is 3. The number of anilines is 1. The van der Waals surface area contributed by atoms with Gasteiger partial charge in [-0.25, -0.2) is 0 Å². The molecule has 5 heteroatoms. The molecule has 5 nitrogen and oxygen atoms in total. The van der Waals surface area contributed by atoms with Gasteiger partial charge in [-0.2, -0.15) is 0 Å². The smallest absolute Gasteiger partial charge is 0.318 e. The predicted molar refractivity (Wildman–Crippen MR) is 70.3 cm³/mol. The highest BCUT2D eigenvalue weighted by atomic mass is 16.4. The Kier molecular flexibility index (Phi) is 3.94. The van der Waals surface area contributed by atoms with Crippen molar-refractivity contribution in [1.29, 1.82) is 0 Å². The molecule has 0 aliphatic rings. The molecule has 0 aliphatic heterocycles. The van der Waals surface area contributed by atoms with Crippen LogP contribution in [0, 0.1) is 6.92 Å². The van der Waals surface area contributed by atoms with E-state index in [0.29, 0.717) is 24.9 Å². The largest absolute Gasteiger partial charge is 0.408 e. The first-order chi connectivity index (χ1) is 8.70. The van der Waals surface area contributed by atoms with Crippen molar-refractivity contribution in [3.63, 3.8) is 0 Å². The Balaban J connectivity index is 2.07. The summed E-state index contributed by atoms with van der Waals surface area (Å²) in [5.74, 6) is 0.587. The maximum atomic E-state index is 5.52. The van der Waals surface area contributed by atoms with Crippen molar-refractivity contribution >= 4 is 6.01 Å². The van der Waals surface area contributed by atoms with Gasteiger partial charge in [0.25, 0.3) is 0 Å². The Labute approximate surface area is 107 Å². The molecule has 0 fully saturated rings. The molecule has 0 atom stereocenters. The molecule has 0 bridgehead atoms. The molecule has 0 amide bonds. The molecule has 0 spiro atoms. The summed E-state index contributed by atoms with van der Waals surface area (Å²) in [6.07, 6.45) is 0.616. The third-order valence-corrected chi connectivity index (χ3v) is 2.81. The van der Waals surface area contributed by atoms with Crippen molar-refractivity contribution < 1.29 is 4.42 Å². The van der Waals surface area contributed by atoms with E-state index in [1.807, 2.05) is 24.1 Å². The Hall–Kier alpha value is -1.88. The van der Waals surface area contributed by atoms with E-state index in [9.17, 15) is 0 Å². The second-order valence-corrected chi connectivity index (χ2v) is 4.30. The molecule has 2 rings (SSSR count). The molecule has 1 heterocycles. The van der Waals surface area contributed by atoms with Crippen LogP contribution in [0.2, 0.25) is 0 Å². The van der Waals surface area contributed by atoms with Crippen molar-refractivity contribution in [2.24, 2.45) is 5.73 Å². The number of hydrogen-bond donors (Lipinski definition) is 1. The fraction of sp³-hybridized carbons (Fsp3) is 0.385. The summed E-state index contributed by atoms with van der Waals surface area (Å²) in [6, 6.07) is 8.79. The lowest BCUT2D eigenvalue weighted by Crippen LogP contribution is -2.17. The van der Waals surface area contributed by atoms with Gasteiger partial charge in [-0.3, -0.25) is 0 Å². The zero-order chi connectivity index (χ0) is 13.0. The van der Waals surface area contributed by atoms with E-state index in [1.54, 1.807) is 0 Å². The van der Waals surface area contributed by atoms with Gasteiger partial charge >= 0.3 is 6.01 Å². The van der Waals surface area contributed by atoms with Gasteiger partial charge in [-0.15, -0.1) is 5.10 Å². The first-order valence-electron chi connectivity index (χ1n) is 5.99. The molecule has 96 valence electrons. The lowest BCUT2D eigenvalue weighted by Gasteiger charge is -2.15. The van der Waals surface area contributed by atoms with Gasteiger partial charge in [0.1, 0.15) is 0 Å². The van der Waals surface area contributed by atoms with Gasteiger partial charge in [0.2, 0.25) is 5.89 Å². The van der Waals surface area contributed by atoms with Crippen LogP contribution in [0.4, 0.5) is 6.01 Å². The van der Waals surface area contributed by atoms with E-state index < -0.39 is 0 Å². The number of hydrogen-bond acceptors (Lipinski definition) is 5. The van der Waals surface area contributed by atoms with Crippen molar-refractivity contribution in [3.8, 4) is 0 Å². The van der Waals surface area contributed by atoms with Crippen LogP contribution < -0.4 is 10.6 Å². The molecule has 0 radical (unpaired) electrons. The average Bonchev–Trinajstić information content (AvgIpc) is 2.81. The summed E-state index contributed by atoms with van der Waals surface area (Å²) in [5.41, 5.74) is 7.95. The van der Waals surface area contributed by atoms with Crippen LogP contribution >= 0.6 is 0 Å². The zero-order valence-corrected chi connectivity index (χ0v) is 10.8. The lowest BCUT2D eigenvalue weighted by molar-refractivity contribution is 0.489. The van der Waals surface area contributed by atoms with E-state index in [2.05, 4.69) is 29.3 Å². The summed E-state index contributed by atoms with van der Waals surface area (Å²) >= 11 is 0. The van der Waals surface area contributed by atoms with E-state index >= 15 is 0 Å². The minimum Gasteiger partial charge on any atom is -0.408 e. The highest BCUT2D eigenvalue weighted by Crippen LogP contribution is 2.16. The molecule has 0 saturated heterocycles. The van der Waals surface area contributed by atoms with E-state index in [-0.39, 0.29) is 0 Å². The highest BCUT2D eigenvalue weighted by molar-refractivity contribution is 5.31. The third kappa shape index (κ3) is 2.87. The van der Waals surface area contributed by atoms with Gasteiger partial charge in [0.15, 0.2) is 0 Å². The molecule has 0 aliphatic carbocycles. The Bertz CT molecular complexity index is 509. The molecule has 18 heavy (non-hydrogen) atoms. The molecule has 1 aromatic carbocycles. The first kappa shape index (κ1) is 12.6. The van der Waals surface area contributed by atoms with Crippen molar-refractivity contribution in [2.75, 3.05) is 18.5 Å². The summed E-state index contributed by atoms with van der Waals surface area (Å²) in [7, 11) is 1.94. The Morgan fingerprint density at radius 2 is 2.06 bits per heavy atom. The number of nitrogens with two attached hydrogens (primary N) is 1. The summed E-state index contributed by atoms with van der Waals surface area (Å²) in [5, 5.41) is 7.97. The Morgan fingerprint density at radius 1 is 1.28 bits per heavy atom. The number of benzene rings is 1. The summed E-state index contributed by atoms with van der Waals surface area (Å²) in [6.45, 7) is 3.36. The average molecular weight is 246 g/mol. The number of aryl methyl sites for hydroxylation is 1. The first-order valence-corrected chi connectivity index (χ1v) is 5.99. The quantitative estimate of drug-likeness (QED) is 0.866. The van der Waals surface area contributed by atoms with E-state index in [4.69, 9.17) is 10.2 Å². The topological polar surface area (TPSA) is 68.2 Å². The summed E-state index contributed by atoms with van der Waals surface area (Å²) < 4.78 is 5.52. The number of rotatable bonds is 5. The Morgan fingerprint density at radius 3 is 2.78 bits per heavy atom. The molecule has 2 N–H and O–H groups in total. The second kappa shape index (κ2) is 5.64. The monoisotopic (exact) mass is 246 g/mol. The van der Waals surface area contributed by atoms with Gasteiger partial charge in [0, 0.05) is 26.6 Å². The van der Waals surface area contributed by atoms with Crippen LogP contribution in [-0.4, -0.2) is 23.8 Å². The third-order valence-electron chi connectivity index (χ3n) is 2.81. The van der Waals surface area contributed by atoms with Crippen LogP contribution in [0.3, 0.4) is 0 Å². The molecule has 0 unspecified atom stereocenters. The van der Waals surface area contributed by atoms with Gasteiger partial charge in [0.05, 0.1) is 0 Å². The molecule has 1 aromatic heterocycles. The molecule has 2 aromatic rings. The predicted octanol–water partition coefficient (Wildman–Crippen LogP) is 1.52. The normalized spacial score (nSPS) is 10.6. The minimum atomic E-state index is 0.517. The van der Waals surface area contributed by atoms with Crippen molar-refractivity contribution in [1.82, 2.24) is 10.2 Å². The van der Waals surface area contributed by atoms with E-state index in [0.717, 1.165) is 6.54 Å². The summed E-state index contributed by atoms with van der Waals surface area (Å²) in [4.78, 5) is 1.94. The zero-order valence-electron chi connectivity index (χ0n) is 10.8. The van der Waals surface area contributed by atoms with Crippen LogP contribution in [0.1, 0.15) is 17.0 Å². The molecule has 0 saturated carbocycles. The van der Waals surface area contributed by atoms with Crippen LogP contribution in [0.25, 0.3) is 0 Å². The van der Waals surface area contributed by atoms with Crippen molar-refractivity contribution in [2.45, 2.75) is 19.9 Å². The highest BCUT2D eigenvalue weighted by Gasteiger charge is 2.11. The maximum Gasteiger partial charge on any atom is 0.318 e. The molecular formula is C13H18N4O. The van der Waals surface area contributed by atoms with Crippen LogP contribution in [0.5, 0.6) is 0 Å². The van der Waals surface area contributed by atoms with Gasteiger partial charge in [-0.05, 0) is 18.1 Å². The second-order valence-electron chi connectivity index (χ2n) is 4.30. The molecular weight excluding hydrogens is 228 g/mol. The van der Waals surface area contributed by atoms with Gasteiger partial charge in [-0.1, -0.05) is 29.4 Å². The van der Waals surface area contributed by atoms with Crippen LogP contribution in [-0.2, 0) is 13.0 Å². The fourth-order valence-corrected chi connectivity index (χ4v) is 1.73. The minimum absolute atomic E-state index is 0.517. The van der Waals surface area contributed by atoms with Crippen molar-refractivity contribution in [3.05, 3.63) is 41.3 Å². The van der Waals surface area contributed by atoms with E-state index in [1.165, 1.54) is 11.1 Å². The maximum absolute atomic E-state index is 5.52. The number of aromatic nitrogens is 2. The van der Waals surface area contributed by atoms with Gasteiger partial charge < -0.3 is 15.1 Å². The lowest BCUT2D eigenvalue weighted by atomic mass is 10.1. The van der Waals surface area contributed by atoms with Crippen LogP contribution in [0.15, 0.2) is 28.7 Å².